The van der Waals surface area contributed by atoms with Crippen molar-refractivity contribution < 1.29 is 0 Å². The Kier molecular flexibility index (Phi) is 5.72. The van der Waals surface area contributed by atoms with Gasteiger partial charge in [0.05, 0.1) is 10.6 Å². The van der Waals surface area contributed by atoms with Gasteiger partial charge in [-0.25, -0.2) is 4.98 Å². The van der Waals surface area contributed by atoms with Gasteiger partial charge in [0.2, 0.25) is 0 Å². The van der Waals surface area contributed by atoms with E-state index in [0.717, 1.165) is 35.0 Å². The van der Waals surface area contributed by atoms with Gasteiger partial charge in [-0.1, -0.05) is 62.9 Å². The molecule has 2 heterocycles. The van der Waals surface area contributed by atoms with Gasteiger partial charge in [0, 0.05) is 23.5 Å². The van der Waals surface area contributed by atoms with Crippen molar-refractivity contribution in [3.63, 3.8) is 0 Å². The van der Waals surface area contributed by atoms with Gasteiger partial charge in [0.25, 0.3) is 5.56 Å². The summed E-state index contributed by atoms with van der Waals surface area (Å²) in [6.45, 7) is 7.23. The largest absolute Gasteiger partial charge is 0.286 e. The first kappa shape index (κ1) is 17.6. The molecule has 2 atom stereocenters. The molecule has 0 unspecified atom stereocenters. The minimum absolute atomic E-state index is 0.149. The van der Waals surface area contributed by atoms with Crippen LogP contribution in [0.5, 0.6) is 0 Å². The van der Waals surface area contributed by atoms with E-state index >= 15 is 0 Å². The lowest BCUT2D eigenvalue weighted by molar-refractivity contribution is 0.563. The summed E-state index contributed by atoms with van der Waals surface area (Å²) in [7, 11) is 0. The molecule has 0 fully saturated rings. The summed E-state index contributed by atoms with van der Waals surface area (Å²) in [5, 5.41) is 1.80. The van der Waals surface area contributed by atoms with Gasteiger partial charge >= 0.3 is 0 Å². The number of rotatable bonds is 6. The Morgan fingerprint density at radius 3 is 2.83 bits per heavy atom. The number of hydrogen-bond acceptors (Lipinski definition) is 4. The number of aromatic nitrogens is 2. The molecule has 0 aliphatic carbocycles. The van der Waals surface area contributed by atoms with E-state index in [2.05, 4.69) is 32.9 Å². The number of fused-ring (bicyclic) bond motifs is 1. The highest BCUT2D eigenvalue weighted by Gasteiger charge is 2.26. The second-order valence-corrected chi connectivity index (χ2v) is 9.19. The minimum Gasteiger partial charge on any atom is -0.286 e. The fourth-order valence-electron chi connectivity index (χ4n) is 2.77. The smallest absolute Gasteiger partial charge is 0.268 e. The predicted octanol–water partition coefficient (Wildman–Crippen LogP) is 4.41. The minimum atomic E-state index is 0.149. The molecule has 1 aromatic carbocycles. The topological polar surface area (TPSA) is 34.9 Å². The molecular weight excluding hydrogens is 336 g/mol. The van der Waals surface area contributed by atoms with E-state index in [1.807, 2.05) is 22.8 Å². The third kappa shape index (κ3) is 3.89. The highest BCUT2D eigenvalue weighted by molar-refractivity contribution is 8.00. The lowest BCUT2D eigenvalue weighted by Gasteiger charge is -2.16. The van der Waals surface area contributed by atoms with E-state index in [1.54, 1.807) is 23.5 Å². The average Bonchev–Trinajstić information content (AvgIpc) is 2.96. The van der Waals surface area contributed by atoms with Crippen LogP contribution < -0.4 is 5.56 Å². The standard InChI is InChI=1S/C19H24N2OS2/c1-4-13(2)24-19-20-16-12-14(3)23-17(16)18(22)21(19)11-10-15-8-6-5-7-9-15/h5-9,13-14H,4,10-12H2,1-3H3/t13-,14+/m1/s1. The zero-order valence-electron chi connectivity index (χ0n) is 14.5. The zero-order chi connectivity index (χ0) is 17.1. The Labute approximate surface area is 152 Å². The van der Waals surface area contributed by atoms with Crippen molar-refractivity contribution in [2.24, 2.45) is 0 Å². The van der Waals surface area contributed by atoms with Crippen molar-refractivity contribution in [3.05, 3.63) is 51.9 Å². The van der Waals surface area contributed by atoms with E-state index in [1.165, 1.54) is 5.56 Å². The van der Waals surface area contributed by atoms with Crippen LogP contribution in [-0.2, 0) is 19.4 Å². The summed E-state index contributed by atoms with van der Waals surface area (Å²) in [6.07, 6.45) is 2.83. The zero-order valence-corrected chi connectivity index (χ0v) is 16.1. The summed E-state index contributed by atoms with van der Waals surface area (Å²) in [6, 6.07) is 10.3. The first-order valence-electron chi connectivity index (χ1n) is 8.59. The fourth-order valence-corrected chi connectivity index (χ4v) is 4.88. The molecule has 0 N–H and O–H groups in total. The normalized spacial score (nSPS) is 17.7. The molecule has 0 amide bonds. The van der Waals surface area contributed by atoms with E-state index in [4.69, 9.17) is 4.98 Å². The van der Waals surface area contributed by atoms with Crippen molar-refractivity contribution in [2.45, 2.75) is 67.1 Å². The van der Waals surface area contributed by atoms with Crippen molar-refractivity contribution >= 4 is 23.5 Å². The van der Waals surface area contributed by atoms with Crippen molar-refractivity contribution in [3.8, 4) is 0 Å². The SMILES string of the molecule is CC[C@@H](C)Sc1nc2c(c(=O)n1CCc1ccccc1)S[C@@H](C)C2. The maximum Gasteiger partial charge on any atom is 0.268 e. The molecule has 0 saturated heterocycles. The van der Waals surface area contributed by atoms with Crippen molar-refractivity contribution in [1.29, 1.82) is 0 Å². The summed E-state index contributed by atoms with van der Waals surface area (Å²) < 4.78 is 1.90. The van der Waals surface area contributed by atoms with E-state index < -0.39 is 0 Å². The van der Waals surface area contributed by atoms with E-state index in [-0.39, 0.29) is 5.56 Å². The predicted molar refractivity (Wildman–Crippen MR) is 103 cm³/mol. The molecule has 128 valence electrons. The van der Waals surface area contributed by atoms with Crippen LogP contribution in [0.1, 0.15) is 38.4 Å². The number of aryl methyl sites for hydroxylation is 1. The van der Waals surface area contributed by atoms with Crippen LogP contribution >= 0.6 is 23.5 Å². The highest BCUT2D eigenvalue weighted by Crippen LogP contribution is 2.35. The third-order valence-corrected chi connectivity index (χ3v) is 6.78. The summed E-state index contributed by atoms with van der Waals surface area (Å²) >= 11 is 3.41. The molecule has 3 nitrogen and oxygen atoms in total. The monoisotopic (exact) mass is 360 g/mol. The Bertz CT molecular complexity index is 758. The molecule has 2 aromatic rings. The number of benzene rings is 1. The van der Waals surface area contributed by atoms with Gasteiger partial charge < -0.3 is 0 Å². The Balaban J connectivity index is 1.93. The molecular formula is C19H24N2OS2. The van der Waals surface area contributed by atoms with Gasteiger partial charge in [-0.2, -0.15) is 0 Å². The van der Waals surface area contributed by atoms with Crippen molar-refractivity contribution in [1.82, 2.24) is 9.55 Å². The lowest BCUT2D eigenvalue weighted by atomic mass is 10.1. The van der Waals surface area contributed by atoms with Crippen LogP contribution in [0.4, 0.5) is 0 Å². The second kappa shape index (κ2) is 7.79. The van der Waals surface area contributed by atoms with Gasteiger partial charge in [0.1, 0.15) is 0 Å². The molecule has 1 aromatic heterocycles. The number of hydrogen-bond donors (Lipinski definition) is 0. The Hall–Kier alpha value is -1.20. The molecule has 1 aliphatic rings. The van der Waals surface area contributed by atoms with Crippen LogP contribution in [0.15, 0.2) is 45.2 Å². The maximum absolute atomic E-state index is 13.0. The van der Waals surface area contributed by atoms with Gasteiger partial charge in [0.15, 0.2) is 5.16 Å². The van der Waals surface area contributed by atoms with Crippen LogP contribution in [0, 0.1) is 0 Å². The van der Waals surface area contributed by atoms with Crippen LogP contribution in [0.3, 0.4) is 0 Å². The van der Waals surface area contributed by atoms with E-state index in [0.29, 0.717) is 17.0 Å². The lowest BCUT2D eigenvalue weighted by Crippen LogP contribution is -2.26. The molecule has 3 rings (SSSR count). The summed E-state index contributed by atoms with van der Waals surface area (Å²) in [4.78, 5) is 18.7. The maximum atomic E-state index is 13.0. The molecule has 1 aliphatic heterocycles. The quantitative estimate of drug-likeness (QED) is 0.564. The van der Waals surface area contributed by atoms with Gasteiger partial charge in [-0.05, 0) is 18.4 Å². The van der Waals surface area contributed by atoms with Gasteiger partial charge in [-0.15, -0.1) is 11.8 Å². The first-order chi connectivity index (χ1) is 11.6. The summed E-state index contributed by atoms with van der Waals surface area (Å²) in [5.41, 5.74) is 2.40. The molecule has 0 radical (unpaired) electrons. The fraction of sp³-hybridized carbons (Fsp3) is 0.474. The number of thioether (sulfide) groups is 2. The Morgan fingerprint density at radius 1 is 1.38 bits per heavy atom. The van der Waals surface area contributed by atoms with E-state index in [9.17, 15) is 4.79 Å². The van der Waals surface area contributed by atoms with Crippen LogP contribution in [0.25, 0.3) is 0 Å². The number of nitrogens with zero attached hydrogens (tertiary/aromatic N) is 2. The molecule has 0 saturated carbocycles. The summed E-state index contributed by atoms with van der Waals surface area (Å²) in [5.74, 6) is 0. The van der Waals surface area contributed by atoms with Crippen LogP contribution in [0.2, 0.25) is 0 Å². The first-order valence-corrected chi connectivity index (χ1v) is 10.3. The van der Waals surface area contributed by atoms with Crippen LogP contribution in [-0.4, -0.2) is 20.1 Å². The Morgan fingerprint density at radius 2 is 2.12 bits per heavy atom. The third-order valence-electron chi connectivity index (χ3n) is 4.31. The average molecular weight is 361 g/mol. The molecule has 24 heavy (non-hydrogen) atoms. The second-order valence-electron chi connectivity index (χ2n) is 6.33. The van der Waals surface area contributed by atoms with Crippen molar-refractivity contribution in [2.75, 3.05) is 0 Å². The molecule has 0 bridgehead atoms. The molecule has 5 heteroatoms. The highest BCUT2D eigenvalue weighted by atomic mass is 32.2. The van der Waals surface area contributed by atoms with Gasteiger partial charge in [-0.3, -0.25) is 9.36 Å². The molecule has 0 spiro atoms.